The maximum absolute atomic E-state index is 12.8. The molecule has 1 aromatic carbocycles. The highest BCUT2D eigenvalue weighted by Crippen LogP contribution is 2.14. The summed E-state index contributed by atoms with van der Waals surface area (Å²) >= 11 is 1.13. The largest absolute Gasteiger partial charge is 0.455 e. The Morgan fingerprint density at radius 2 is 2.08 bits per heavy atom. The van der Waals surface area contributed by atoms with Crippen molar-refractivity contribution in [1.82, 2.24) is 10.1 Å². The number of carbonyl (C=O) groups is 2. The number of esters is 1. The molecule has 128 valence electrons. The predicted molar refractivity (Wildman–Crippen MR) is 85.8 cm³/mol. The first-order valence-electron chi connectivity index (χ1n) is 7.07. The van der Waals surface area contributed by atoms with Gasteiger partial charge in [0.15, 0.2) is 12.4 Å². The summed E-state index contributed by atoms with van der Waals surface area (Å²) in [4.78, 5) is 27.5. The minimum atomic E-state index is -0.534. The molecule has 0 saturated heterocycles. The number of aryl methyl sites for hydroxylation is 1. The highest BCUT2D eigenvalue weighted by Gasteiger charge is 2.18. The first-order chi connectivity index (χ1) is 11.4. The second-order valence-corrected chi connectivity index (χ2v) is 6.18. The van der Waals surface area contributed by atoms with Crippen molar-refractivity contribution in [3.05, 3.63) is 41.8 Å². The Morgan fingerprint density at radius 1 is 1.38 bits per heavy atom. The summed E-state index contributed by atoms with van der Waals surface area (Å²) in [6, 6.07) is 5.42. The van der Waals surface area contributed by atoms with Crippen LogP contribution in [-0.4, -0.2) is 33.0 Å². The van der Waals surface area contributed by atoms with E-state index in [-0.39, 0.29) is 30.0 Å². The number of carbonyl (C=O) groups excluding carboxylic acids is 2. The van der Waals surface area contributed by atoms with Gasteiger partial charge in [0.1, 0.15) is 11.1 Å². The Bertz CT molecular complexity index is 705. The molecule has 0 saturated carbocycles. The Hall–Kier alpha value is -2.42. The van der Waals surface area contributed by atoms with Gasteiger partial charge in [-0.15, -0.1) is 11.8 Å². The van der Waals surface area contributed by atoms with E-state index in [1.807, 2.05) is 0 Å². The molecule has 0 bridgehead atoms. The van der Waals surface area contributed by atoms with Crippen molar-refractivity contribution in [1.29, 1.82) is 0 Å². The van der Waals surface area contributed by atoms with Gasteiger partial charge in [-0.2, -0.15) is 4.98 Å². The molecule has 1 heterocycles. The predicted octanol–water partition coefficient (Wildman–Crippen LogP) is 2.32. The molecule has 0 aliphatic carbocycles. The third-order valence-corrected chi connectivity index (χ3v) is 3.95. The lowest BCUT2D eigenvalue weighted by atomic mass is 10.3. The van der Waals surface area contributed by atoms with Crippen LogP contribution < -0.4 is 5.32 Å². The van der Waals surface area contributed by atoms with Crippen molar-refractivity contribution in [2.45, 2.75) is 25.7 Å². The number of ether oxygens (including phenoxy) is 1. The topological polar surface area (TPSA) is 94.3 Å². The number of hydrogen-bond acceptors (Lipinski definition) is 7. The van der Waals surface area contributed by atoms with Crippen molar-refractivity contribution in [2.24, 2.45) is 0 Å². The van der Waals surface area contributed by atoms with Crippen LogP contribution in [0.15, 0.2) is 28.8 Å². The van der Waals surface area contributed by atoms with E-state index in [0.29, 0.717) is 11.5 Å². The summed E-state index contributed by atoms with van der Waals surface area (Å²) in [5.41, 5.74) is 0.490. The van der Waals surface area contributed by atoms with E-state index in [4.69, 9.17) is 9.26 Å². The maximum Gasteiger partial charge on any atom is 0.319 e. The molecule has 7 nitrogen and oxygen atoms in total. The quantitative estimate of drug-likeness (QED) is 0.763. The Morgan fingerprint density at radius 3 is 2.71 bits per heavy atom. The molecule has 9 heteroatoms. The smallest absolute Gasteiger partial charge is 0.319 e. The lowest BCUT2D eigenvalue weighted by Crippen LogP contribution is -2.21. The number of rotatable bonds is 7. The van der Waals surface area contributed by atoms with Crippen LogP contribution in [0, 0.1) is 12.7 Å². The van der Waals surface area contributed by atoms with Crippen LogP contribution >= 0.6 is 11.8 Å². The third-order valence-electron chi connectivity index (χ3n) is 2.83. The van der Waals surface area contributed by atoms with Crippen molar-refractivity contribution >= 4 is 29.3 Å². The van der Waals surface area contributed by atoms with Crippen molar-refractivity contribution in [3.8, 4) is 0 Å². The zero-order valence-electron chi connectivity index (χ0n) is 13.1. The van der Waals surface area contributed by atoms with E-state index in [1.54, 1.807) is 13.8 Å². The van der Waals surface area contributed by atoms with Crippen LogP contribution in [0.25, 0.3) is 0 Å². The number of nitrogens with one attached hydrogen (secondary N) is 1. The zero-order valence-corrected chi connectivity index (χ0v) is 13.9. The summed E-state index contributed by atoms with van der Waals surface area (Å²) in [5.74, 6) is -0.416. The number of hydrogen-bond donors (Lipinski definition) is 1. The third kappa shape index (κ3) is 5.65. The minimum absolute atomic E-state index is 0.0628. The zero-order chi connectivity index (χ0) is 17.5. The molecule has 1 amide bonds. The monoisotopic (exact) mass is 353 g/mol. The van der Waals surface area contributed by atoms with Gasteiger partial charge in [0.25, 0.3) is 5.89 Å². The molecular formula is C15H16FN3O4S. The van der Waals surface area contributed by atoms with Crippen LogP contribution in [-0.2, 0) is 20.9 Å². The molecule has 1 atom stereocenters. The average Bonchev–Trinajstić information content (AvgIpc) is 2.98. The Kier molecular flexibility index (Phi) is 6.30. The molecule has 0 unspecified atom stereocenters. The number of amides is 1. The molecule has 0 spiro atoms. The first-order valence-corrected chi connectivity index (χ1v) is 8.12. The fourth-order valence-electron chi connectivity index (χ4n) is 1.65. The van der Waals surface area contributed by atoms with Crippen LogP contribution in [0.1, 0.15) is 18.6 Å². The first kappa shape index (κ1) is 17.9. The van der Waals surface area contributed by atoms with Crippen LogP contribution in [0.2, 0.25) is 0 Å². The van der Waals surface area contributed by atoms with Gasteiger partial charge in [-0.3, -0.25) is 9.59 Å². The molecule has 0 radical (unpaired) electrons. The SMILES string of the molecule is Cc1noc(COC(=O)[C@H](C)SCC(=O)Nc2ccc(F)cc2)n1. The molecule has 0 aliphatic heterocycles. The second kappa shape index (κ2) is 8.44. The molecule has 1 N–H and O–H groups in total. The molecular weight excluding hydrogens is 337 g/mol. The van der Waals surface area contributed by atoms with Crippen LogP contribution in [0.4, 0.5) is 10.1 Å². The molecule has 24 heavy (non-hydrogen) atoms. The van der Waals surface area contributed by atoms with Gasteiger partial charge in [0.05, 0.1) is 5.75 Å². The summed E-state index contributed by atoms with van der Waals surface area (Å²) in [7, 11) is 0. The number of benzene rings is 1. The molecule has 1 aromatic heterocycles. The lowest BCUT2D eigenvalue weighted by Gasteiger charge is -2.10. The summed E-state index contributed by atoms with van der Waals surface area (Å²) in [5, 5.41) is 5.66. The number of halogens is 1. The van der Waals surface area contributed by atoms with Crippen molar-refractivity contribution in [2.75, 3.05) is 11.1 Å². The molecule has 0 fully saturated rings. The number of thioether (sulfide) groups is 1. The van der Waals surface area contributed by atoms with E-state index in [0.717, 1.165) is 11.8 Å². The fourth-order valence-corrected chi connectivity index (χ4v) is 2.33. The fraction of sp³-hybridized carbons (Fsp3) is 0.333. The number of aromatic nitrogens is 2. The summed E-state index contributed by atoms with van der Waals surface area (Å²) in [6.07, 6.45) is 0. The van der Waals surface area contributed by atoms with E-state index >= 15 is 0 Å². The average molecular weight is 353 g/mol. The second-order valence-electron chi connectivity index (χ2n) is 4.85. The summed E-state index contributed by atoms with van der Waals surface area (Å²) in [6.45, 7) is 3.19. The van der Waals surface area contributed by atoms with Crippen molar-refractivity contribution in [3.63, 3.8) is 0 Å². The Balaban J connectivity index is 1.71. The standard InChI is InChI=1S/C15H16FN3O4S/c1-9(15(21)22-7-14-17-10(2)19-23-14)24-8-13(20)18-12-5-3-11(16)4-6-12/h3-6,9H,7-8H2,1-2H3,(H,18,20)/t9-/m0/s1. The van der Waals surface area contributed by atoms with Gasteiger partial charge in [-0.25, -0.2) is 4.39 Å². The van der Waals surface area contributed by atoms with Gasteiger partial charge >= 0.3 is 5.97 Å². The van der Waals surface area contributed by atoms with E-state index in [1.165, 1.54) is 24.3 Å². The summed E-state index contributed by atoms with van der Waals surface area (Å²) < 4.78 is 22.6. The number of nitrogens with zero attached hydrogens (tertiary/aromatic N) is 2. The molecule has 2 aromatic rings. The van der Waals surface area contributed by atoms with Gasteiger partial charge in [-0.1, -0.05) is 5.16 Å². The van der Waals surface area contributed by atoms with Crippen LogP contribution in [0.3, 0.4) is 0 Å². The normalized spacial score (nSPS) is 11.8. The Labute approximate surface area is 142 Å². The molecule has 0 aliphatic rings. The maximum atomic E-state index is 12.8. The minimum Gasteiger partial charge on any atom is -0.455 e. The number of anilines is 1. The van der Waals surface area contributed by atoms with E-state index in [9.17, 15) is 14.0 Å². The van der Waals surface area contributed by atoms with Gasteiger partial charge in [-0.05, 0) is 38.1 Å². The van der Waals surface area contributed by atoms with E-state index in [2.05, 4.69) is 15.5 Å². The van der Waals surface area contributed by atoms with Gasteiger partial charge < -0.3 is 14.6 Å². The highest BCUT2D eigenvalue weighted by atomic mass is 32.2. The van der Waals surface area contributed by atoms with E-state index < -0.39 is 11.2 Å². The van der Waals surface area contributed by atoms with Crippen molar-refractivity contribution < 1.29 is 23.2 Å². The highest BCUT2D eigenvalue weighted by molar-refractivity contribution is 8.01. The van der Waals surface area contributed by atoms with Gasteiger partial charge in [0, 0.05) is 5.69 Å². The lowest BCUT2D eigenvalue weighted by molar-refractivity contribution is -0.144. The van der Waals surface area contributed by atoms with Crippen LogP contribution in [0.5, 0.6) is 0 Å². The van der Waals surface area contributed by atoms with Gasteiger partial charge in [0.2, 0.25) is 5.91 Å². The molecule has 2 rings (SSSR count).